The first kappa shape index (κ1) is 66.9. The average molecular weight is 2120 g/mol. The smallest absolute Gasteiger partial charge is 0.216 e. The van der Waals surface area contributed by atoms with E-state index in [4.69, 9.17) is 44.3 Å². The number of hydrogen-bond acceptors (Lipinski definition) is 12. The molecule has 609 valence electrons. The van der Waals surface area contributed by atoms with Crippen LogP contribution in [0.3, 0.4) is 0 Å². The maximum Gasteiger partial charge on any atom is 0.216 e. The maximum absolute atomic E-state index is 8.35. The van der Waals surface area contributed by atoms with Crippen LogP contribution in [0.25, 0.3) is 134 Å². The molecule has 0 fully saturated rings. The molecule has 12 heterocycles. The SMILES string of the molecule is Cc1cnc(-c2[c-]ccc3c2oc2nc(C(C)C)ccc23)cc1C(C)C.[2H]C([2H])([2H])c1cc(-c2[c-]ccc3c2oc2nc(C)ccc23)ncc1C(C)C.[2H]C([2H])([2H])c1cc(-c2[c-]ccc3c2oc2nc(C)ccc23)ncc1C([2H])(C)C([2H])([2H])[2H].[2H]C([2H])([2H])c1cc(C)cc(-c2[c-]cccc2)n1.[2H]C([2H])([2H])c1cnc(-c2[c-]cccc2)cc1C.[2H]C([2H])([2H])c1cnc(-c2[c-]cccc2)cc1C.[Ir].[Ir].[Ir]. The van der Waals surface area contributed by atoms with Gasteiger partial charge in [0.15, 0.2) is 0 Å². The number of fused-ring (bicyclic) bond motifs is 9. The van der Waals surface area contributed by atoms with Gasteiger partial charge in [0.1, 0.15) is 0 Å². The number of nitrogens with zero attached hydrogens (tertiary/aromatic N) is 9. The molecule has 0 saturated carbocycles. The third-order valence-electron chi connectivity index (χ3n) is 19.3. The predicted octanol–water partition coefficient (Wildman–Crippen LogP) is 27.1. The van der Waals surface area contributed by atoms with Crippen molar-refractivity contribution in [1.29, 1.82) is 0 Å². The van der Waals surface area contributed by atoms with Crippen LogP contribution in [0.4, 0.5) is 0 Å². The van der Waals surface area contributed by atoms with Crippen molar-refractivity contribution in [1.82, 2.24) is 44.9 Å². The Bertz CT molecular complexity index is 7230. The van der Waals surface area contributed by atoms with Crippen molar-refractivity contribution in [3.05, 3.63) is 339 Å². The fourth-order valence-electron chi connectivity index (χ4n) is 13.1. The monoisotopic (exact) mass is 2120 g/mol. The predicted molar refractivity (Wildman–Crippen MR) is 475 cm³/mol. The molecule has 0 aliphatic carbocycles. The van der Waals surface area contributed by atoms with E-state index in [9.17, 15) is 0 Å². The molecule has 0 spiro atoms. The van der Waals surface area contributed by atoms with Crippen LogP contribution in [0.15, 0.2) is 232 Å². The van der Waals surface area contributed by atoms with E-state index < -0.39 is 47.0 Å². The molecule has 0 bridgehead atoms. The standard InChI is InChI=1S/C23H23N2O.2C21H19N2O.3C13H12N.3Ir/c1-13(2)19-11-21(24-12-15(19)5)18-8-6-7-16-17-9-10-20(14(3)4)25-23(17)26-22(16)18;2*1-12(2)18-11-22-19(10-13(18)3)17-7-5-6-15-16-9-8-14(4)23-21(16)24-20(15)17;2*1-10-8-13(14-9-11(10)2)12-6-4-3-5-7-12;1-10-8-11(2)14-13(9-10)12-6-4-3-5-7-12;;;/h6-7,9-14H,1-5H3;2*5-6,8-12H,1-4H3;3*3-6,8-9H,1-2H3;;;/q6*-1;;;/i;1D3,3D3,12D;3D3;3*2D3;;;. The number of benzene rings is 6. The van der Waals surface area contributed by atoms with E-state index in [-0.39, 0.29) is 88.7 Å². The molecule has 0 N–H and O–H groups in total. The Morgan fingerprint density at radius 3 is 1.13 bits per heavy atom. The summed E-state index contributed by atoms with van der Waals surface area (Å²) in [6.45, 7) is 11.1. The third-order valence-corrected chi connectivity index (χ3v) is 19.3. The zero-order chi connectivity index (χ0) is 97.9. The van der Waals surface area contributed by atoms with Gasteiger partial charge in [-0.1, -0.05) is 152 Å². The van der Waals surface area contributed by atoms with E-state index in [1.807, 2.05) is 162 Å². The average Bonchev–Trinajstić information content (AvgIpc) is 0.961. The van der Waals surface area contributed by atoms with E-state index in [1.165, 1.54) is 36.5 Å². The number of aryl methyl sites for hydroxylation is 11. The number of aromatic nitrogens is 9. The summed E-state index contributed by atoms with van der Waals surface area (Å²) in [5.41, 5.74) is 20.9. The minimum absolute atomic E-state index is 0. The van der Waals surface area contributed by atoms with Crippen molar-refractivity contribution in [2.75, 3.05) is 0 Å². The topological polar surface area (TPSA) is 155 Å². The number of rotatable bonds is 10. The van der Waals surface area contributed by atoms with Gasteiger partial charge < -0.3 is 43.2 Å². The molecule has 0 aliphatic heterocycles. The normalized spacial score (nSPS) is 14.4. The summed E-state index contributed by atoms with van der Waals surface area (Å²) in [6, 6.07) is 76.3. The first-order chi connectivity index (χ1) is 63.4. The zero-order valence-electron chi connectivity index (χ0n) is 86.8. The van der Waals surface area contributed by atoms with Crippen LogP contribution < -0.4 is 0 Å². The quantitative estimate of drug-likeness (QED) is 0.120. The first-order valence-corrected chi connectivity index (χ1v) is 37.9. The molecule has 1 atom stereocenters. The summed E-state index contributed by atoms with van der Waals surface area (Å²) in [5.74, 6) is -1.26. The van der Waals surface area contributed by atoms with Gasteiger partial charge in [-0.2, -0.15) is 0 Å². The zero-order valence-corrected chi connectivity index (χ0v) is 75.0. The Labute approximate surface area is 767 Å². The molecule has 15 heteroatoms. The number of furan rings is 3. The van der Waals surface area contributed by atoms with Gasteiger partial charge in [-0.15, -0.1) is 162 Å². The molecular formula is C104H97Ir3N9O3-6. The van der Waals surface area contributed by atoms with Crippen LogP contribution in [0, 0.1) is 112 Å². The van der Waals surface area contributed by atoms with E-state index in [1.54, 1.807) is 62.5 Å². The van der Waals surface area contributed by atoms with Gasteiger partial charge in [-0.25, -0.2) is 15.0 Å². The van der Waals surface area contributed by atoms with E-state index in [0.29, 0.717) is 79.3 Å². The summed E-state index contributed by atoms with van der Waals surface area (Å²) in [6.07, 6.45) is 7.61. The van der Waals surface area contributed by atoms with Gasteiger partial charge in [-0.3, -0.25) is 0 Å². The fraction of sp³-hybridized carbons (Fsp3) is 0.221. The summed E-state index contributed by atoms with van der Waals surface area (Å²) in [5, 5.41) is 5.52. The van der Waals surface area contributed by atoms with Crippen LogP contribution >= 0.6 is 0 Å². The van der Waals surface area contributed by atoms with Crippen molar-refractivity contribution in [3.63, 3.8) is 0 Å². The van der Waals surface area contributed by atoms with Crippen LogP contribution in [0.1, 0.15) is 189 Å². The molecule has 0 saturated heterocycles. The van der Waals surface area contributed by atoms with E-state index in [0.717, 1.165) is 123 Å². The second-order valence-electron chi connectivity index (χ2n) is 29.1. The molecule has 12 nitrogen and oxygen atoms in total. The van der Waals surface area contributed by atoms with Gasteiger partial charge in [0.25, 0.3) is 0 Å². The molecule has 0 amide bonds. The van der Waals surface area contributed by atoms with Gasteiger partial charge in [0.05, 0.1) is 16.7 Å². The molecule has 3 radical (unpaired) electrons. The second-order valence-corrected chi connectivity index (χ2v) is 29.1. The van der Waals surface area contributed by atoms with Gasteiger partial charge in [0, 0.05) is 156 Å². The Morgan fingerprint density at radius 1 is 0.311 bits per heavy atom. The summed E-state index contributed by atoms with van der Waals surface area (Å²) in [7, 11) is 0. The van der Waals surface area contributed by atoms with Crippen LogP contribution in [0.5, 0.6) is 0 Å². The maximum atomic E-state index is 8.35. The van der Waals surface area contributed by atoms with Crippen LogP contribution in [0.2, 0.25) is 0 Å². The van der Waals surface area contributed by atoms with Gasteiger partial charge >= 0.3 is 0 Å². The van der Waals surface area contributed by atoms with E-state index >= 15 is 0 Å². The molecule has 18 rings (SSSR count). The van der Waals surface area contributed by atoms with Gasteiger partial charge in [0.2, 0.25) is 17.1 Å². The molecule has 12 aromatic heterocycles. The molecule has 1 unspecified atom stereocenters. The Morgan fingerprint density at radius 2 is 0.714 bits per heavy atom. The molecule has 0 aliphatic rings. The Hall–Kier alpha value is -11.0. The van der Waals surface area contributed by atoms with Crippen molar-refractivity contribution in [3.8, 4) is 67.5 Å². The van der Waals surface area contributed by atoms with Crippen molar-refractivity contribution in [2.45, 2.75) is 155 Å². The van der Waals surface area contributed by atoms with Crippen LogP contribution in [-0.4, -0.2) is 44.9 Å². The van der Waals surface area contributed by atoms with Crippen molar-refractivity contribution >= 4 is 66.2 Å². The van der Waals surface area contributed by atoms with E-state index in [2.05, 4.69) is 129 Å². The minimum Gasteiger partial charge on any atom is -0.486 e. The third kappa shape index (κ3) is 21.4. The largest absolute Gasteiger partial charge is 0.486 e. The molecule has 119 heavy (non-hydrogen) atoms. The summed E-state index contributed by atoms with van der Waals surface area (Å²) >= 11 is 0. The number of pyridine rings is 9. The van der Waals surface area contributed by atoms with Crippen molar-refractivity contribution < 1.29 is 99.6 Å². The summed E-state index contributed by atoms with van der Waals surface area (Å²) < 4.78 is 163. The minimum atomic E-state index is -2.73. The van der Waals surface area contributed by atoms with Crippen LogP contribution in [-0.2, 0) is 60.3 Å². The van der Waals surface area contributed by atoms with Crippen molar-refractivity contribution in [2.24, 2.45) is 0 Å². The summed E-state index contributed by atoms with van der Waals surface area (Å²) in [4.78, 5) is 39.6. The first-order valence-electron chi connectivity index (χ1n) is 47.4. The molecule has 6 aromatic carbocycles. The Kier molecular flexibility index (Phi) is 22.8. The molecule has 18 aromatic rings. The molecular weight excluding hydrogens is 2000 g/mol. The second kappa shape index (κ2) is 40.7. The van der Waals surface area contributed by atoms with Gasteiger partial charge in [-0.05, 0) is 209 Å². The Balaban J connectivity index is 0.000000173. The fourth-order valence-corrected chi connectivity index (χ4v) is 13.1. The number of hydrogen-bond donors (Lipinski definition) is 0.